The molecule has 0 spiro atoms. The molecule has 3 aromatic rings. The molecule has 15 heteroatoms. The van der Waals surface area contributed by atoms with Gasteiger partial charge < -0.3 is 19.1 Å². The van der Waals surface area contributed by atoms with Gasteiger partial charge in [-0.25, -0.2) is 4.79 Å². The van der Waals surface area contributed by atoms with E-state index < -0.39 is 41.7 Å². The minimum Gasteiger partial charge on any atom is -0.453 e. The molecule has 4 rings (SSSR count). The summed E-state index contributed by atoms with van der Waals surface area (Å²) < 4.78 is 87.3. The number of halogens is 6. The highest BCUT2D eigenvalue weighted by molar-refractivity contribution is 5.95. The summed E-state index contributed by atoms with van der Waals surface area (Å²) in [5, 5.41) is 3.28. The Hall–Kier alpha value is -4.17. The smallest absolute Gasteiger partial charge is 0.453 e. The first-order chi connectivity index (χ1) is 18.4. The number of ether oxygens (including phenoxy) is 1. The average Bonchev–Trinajstić information content (AvgIpc) is 3.42. The summed E-state index contributed by atoms with van der Waals surface area (Å²) in [5.74, 6) is -2.93. The number of alkyl halides is 6. The van der Waals surface area contributed by atoms with E-state index in [1.54, 1.807) is 0 Å². The van der Waals surface area contributed by atoms with Crippen molar-refractivity contribution < 1.29 is 45.2 Å². The van der Waals surface area contributed by atoms with Crippen LogP contribution in [0.5, 0.6) is 0 Å². The van der Waals surface area contributed by atoms with Gasteiger partial charge in [0.1, 0.15) is 0 Å². The van der Waals surface area contributed by atoms with E-state index in [4.69, 9.17) is 4.74 Å². The number of amides is 2. The Morgan fingerprint density at radius 3 is 2.36 bits per heavy atom. The SMILES string of the molecule is COC(=O)N1CCC(C(=O)N(Cc2ccc(-c3noc(C(F)(F)F)n3)cn2)c2cccc(C(F)(F)F)c2)CC1. The molecule has 0 radical (unpaired) electrons. The van der Waals surface area contributed by atoms with Crippen molar-refractivity contribution in [3.63, 3.8) is 0 Å². The quantitative estimate of drug-likeness (QED) is 0.399. The Morgan fingerprint density at radius 1 is 1.08 bits per heavy atom. The zero-order chi connectivity index (χ0) is 28.4. The molecule has 39 heavy (non-hydrogen) atoms. The van der Waals surface area contributed by atoms with Gasteiger partial charge in [-0.05, 0) is 43.2 Å². The van der Waals surface area contributed by atoms with Crippen molar-refractivity contribution in [2.45, 2.75) is 31.7 Å². The largest absolute Gasteiger partial charge is 0.471 e. The lowest BCUT2D eigenvalue weighted by molar-refractivity contribution is -0.159. The Balaban J connectivity index is 1.58. The number of likely N-dealkylation sites (tertiary alicyclic amines) is 1. The zero-order valence-electron chi connectivity index (χ0n) is 20.3. The molecule has 1 saturated heterocycles. The second-order valence-electron chi connectivity index (χ2n) is 8.66. The van der Waals surface area contributed by atoms with Crippen molar-refractivity contribution in [3.05, 3.63) is 59.7 Å². The summed E-state index contributed by atoms with van der Waals surface area (Å²) in [5.41, 5.74) is -0.607. The Morgan fingerprint density at radius 2 is 1.79 bits per heavy atom. The summed E-state index contributed by atoms with van der Waals surface area (Å²) in [6.07, 6.45) is -8.29. The molecule has 0 saturated carbocycles. The van der Waals surface area contributed by atoms with Crippen LogP contribution < -0.4 is 4.90 Å². The number of hydrogen-bond acceptors (Lipinski definition) is 7. The maximum atomic E-state index is 13.5. The first kappa shape index (κ1) is 27.9. The van der Waals surface area contributed by atoms with E-state index in [1.807, 2.05) is 0 Å². The van der Waals surface area contributed by atoms with E-state index in [1.165, 1.54) is 47.4 Å². The molecule has 1 aromatic carbocycles. The molecule has 2 aromatic heterocycles. The molecule has 1 aliphatic heterocycles. The Bertz CT molecular complexity index is 1320. The number of hydrogen-bond donors (Lipinski definition) is 0. The lowest BCUT2D eigenvalue weighted by Crippen LogP contribution is -2.44. The van der Waals surface area contributed by atoms with E-state index in [9.17, 15) is 35.9 Å². The number of carbonyl (C=O) groups is 2. The van der Waals surface area contributed by atoms with Gasteiger partial charge in [-0.15, -0.1) is 0 Å². The zero-order valence-corrected chi connectivity index (χ0v) is 20.3. The summed E-state index contributed by atoms with van der Waals surface area (Å²) in [4.78, 5) is 35.4. The van der Waals surface area contributed by atoms with Gasteiger partial charge in [-0.3, -0.25) is 9.78 Å². The van der Waals surface area contributed by atoms with Crippen molar-refractivity contribution in [1.82, 2.24) is 20.0 Å². The molecule has 2 amide bonds. The summed E-state index contributed by atoms with van der Waals surface area (Å²) in [7, 11) is 1.24. The minimum absolute atomic E-state index is 0.0101. The number of carbonyl (C=O) groups excluding carboxylic acids is 2. The van der Waals surface area contributed by atoms with Crippen LogP contribution in [0.2, 0.25) is 0 Å². The monoisotopic (exact) mass is 557 g/mol. The fraction of sp³-hybridized carbons (Fsp3) is 0.375. The standard InChI is InChI=1S/C24H21F6N5O4/c1-38-22(37)34-9-7-14(8-10-34)20(36)35(18-4-2-3-16(11-18)23(25,26)27)13-17-6-5-15(12-31-17)19-32-21(39-33-19)24(28,29)30/h2-6,11-12,14H,7-10,13H2,1H3. The molecule has 3 heterocycles. The molecular weight excluding hydrogens is 536 g/mol. The van der Waals surface area contributed by atoms with E-state index in [0.717, 1.165) is 12.1 Å². The third-order valence-corrected chi connectivity index (χ3v) is 6.10. The van der Waals surface area contributed by atoms with Crippen LogP contribution in [0, 0.1) is 5.92 Å². The lowest BCUT2D eigenvalue weighted by atomic mass is 9.95. The molecule has 0 bridgehead atoms. The predicted octanol–water partition coefficient (Wildman–Crippen LogP) is 5.18. The highest BCUT2D eigenvalue weighted by Crippen LogP contribution is 2.34. The number of anilines is 1. The maximum Gasteiger partial charge on any atom is 0.471 e. The Labute approximate surface area is 217 Å². The number of aromatic nitrogens is 3. The number of benzene rings is 1. The molecule has 0 unspecified atom stereocenters. The van der Waals surface area contributed by atoms with E-state index in [0.29, 0.717) is 0 Å². The second-order valence-corrected chi connectivity index (χ2v) is 8.66. The van der Waals surface area contributed by atoms with Crippen LogP contribution >= 0.6 is 0 Å². The van der Waals surface area contributed by atoms with E-state index >= 15 is 0 Å². The van der Waals surface area contributed by atoms with Gasteiger partial charge >= 0.3 is 24.3 Å². The number of piperidine rings is 1. The van der Waals surface area contributed by atoms with E-state index in [-0.39, 0.29) is 55.2 Å². The van der Waals surface area contributed by atoms with Crippen LogP contribution in [0.1, 0.15) is 30.0 Å². The molecule has 208 valence electrons. The third kappa shape index (κ3) is 6.46. The van der Waals surface area contributed by atoms with Crippen LogP contribution in [0.4, 0.5) is 36.8 Å². The van der Waals surface area contributed by atoms with Gasteiger partial charge in [0, 0.05) is 36.5 Å². The van der Waals surface area contributed by atoms with Crippen molar-refractivity contribution in [2.75, 3.05) is 25.1 Å². The summed E-state index contributed by atoms with van der Waals surface area (Å²) in [6, 6.07) is 7.04. The molecule has 0 atom stereocenters. The van der Waals surface area contributed by atoms with Gasteiger partial charge in [-0.1, -0.05) is 11.2 Å². The van der Waals surface area contributed by atoms with Crippen LogP contribution in [0.15, 0.2) is 47.1 Å². The molecular formula is C24H21F6N5O4. The van der Waals surface area contributed by atoms with Crippen LogP contribution in [0.25, 0.3) is 11.4 Å². The lowest BCUT2D eigenvalue weighted by Gasteiger charge is -2.33. The van der Waals surface area contributed by atoms with Gasteiger partial charge in [-0.2, -0.15) is 31.3 Å². The topological polar surface area (TPSA) is 102 Å². The molecule has 1 fully saturated rings. The highest BCUT2D eigenvalue weighted by Gasteiger charge is 2.39. The first-order valence-electron chi connectivity index (χ1n) is 11.5. The Kier molecular flexibility index (Phi) is 7.79. The third-order valence-electron chi connectivity index (χ3n) is 6.10. The van der Waals surface area contributed by atoms with E-state index in [2.05, 4.69) is 19.6 Å². The van der Waals surface area contributed by atoms with Gasteiger partial charge in [0.25, 0.3) is 0 Å². The van der Waals surface area contributed by atoms with Crippen molar-refractivity contribution in [2.24, 2.45) is 5.92 Å². The minimum atomic E-state index is -4.82. The molecule has 9 nitrogen and oxygen atoms in total. The first-order valence-corrected chi connectivity index (χ1v) is 11.5. The molecule has 1 aliphatic rings. The van der Waals surface area contributed by atoms with Gasteiger partial charge in [0.2, 0.25) is 11.7 Å². The van der Waals surface area contributed by atoms with Crippen LogP contribution in [0.3, 0.4) is 0 Å². The number of rotatable bonds is 5. The number of pyridine rings is 1. The van der Waals surface area contributed by atoms with Gasteiger partial charge in [0.15, 0.2) is 0 Å². The number of methoxy groups -OCH3 is 1. The fourth-order valence-corrected chi connectivity index (χ4v) is 4.07. The maximum absolute atomic E-state index is 13.5. The van der Waals surface area contributed by atoms with Crippen molar-refractivity contribution >= 4 is 17.7 Å². The van der Waals surface area contributed by atoms with Crippen LogP contribution in [-0.2, 0) is 28.4 Å². The predicted molar refractivity (Wildman–Crippen MR) is 122 cm³/mol. The second kappa shape index (κ2) is 10.9. The summed E-state index contributed by atoms with van der Waals surface area (Å²) >= 11 is 0. The fourth-order valence-electron chi connectivity index (χ4n) is 4.07. The molecule has 0 N–H and O–H groups in total. The van der Waals surface area contributed by atoms with Gasteiger partial charge in [0.05, 0.1) is 24.9 Å². The summed E-state index contributed by atoms with van der Waals surface area (Å²) in [6.45, 7) is 0.242. The number of nitrogens with zero attached hydrogens (tertiary/aromatic N) is 5. The van der Waals surface area contributed by atoms with Crippen LogP contribution in [-0.4, -0.2) is 52.2 Å². The highest BCUT2D eigenvalue weighted by atomic mass is 19.4. The normalized spacial score (nSPS) is 14.8. The van der Waals surface area contributed by atoms with Crippen molar-refractivity contribution in [3.8, 4) is 11.4 Å². The molecule has 0 aliphatic carbocycles. The average molecular weight is 557 g/mol. The van der Waals surface area contributed by atoms with Crippen molar-refractivity contribution in [1.29, 1.82) is 0 Å².